The summed E-state index contributed by atoms with van der Waals surface area (Å²) in [6, 6.07) is 0.371. The van der Waals surface area contributed by atoms with Crippen LogP contribution in [0.2, 0.25) is 0 Å². The summed E-state index contributed by atoms with van der Waals surface area (Å²) in [6.07, 6.45) is 4.91. The van der Waals surface area contributed by atoms with E-state index in [1.165, 1.54) is 19.3 Å². The number of nitrogens with one attached hydrogen (secondary N) is 1. The molecular formula is C14H26N2O3. The molecule has 1 saturated heterocycles. The molecular weight excluding hydrogens is 244 g/mol. The minimum Gasteiger partial charge on any atom is -0.465 e. The van der Waals surface area contributed by atoms with E-state index in [-0.39, 0.29) is 12.0 Å². The Morgan fingerprint density at radius 1 is 1.53 bits per heavy atom. The Hall–Kier alpha value is -0.650. The van der Waals surface area contributed by atoms with Gasteiger partial charge in [-0.25, -0.2) is 0 Å². The van der Waals surface area contributed by atoms with Gasteiger partial charge in [0.25, 0.3) is 0 Å². The molecule has 0 amide bonds. The summed E-state index contributed by atoms with van der Waals surface area (Å²) < 4.78 is 10.9. The van der Waals surface area contributed by atoms with Crippen molar-refractivity contribution in [3.63, 3.8) is 0 Å². The molecule has 110 valence electrons. The van der Waals surface area contributed by atoms with Gasteiger partial charge in [-0.15, -0.1) is 0 Å². The Balaban J connectivity index is 1.81. The van der Waals surface area contributed by atoms with E-state index >= 15 is 0 Å². The van der Waals surface area contributed by atoms with Gasteiger partial charge in [-0.3, -0.25) is 9.69 Å². The molecule has 5 heteroatoms. The molecule has 1 aliphatic carbocycles. The van der Waals surface area contributed by atoms with Gasteiger partial charge in [-0.2, -0.15) is 0 Å². The van der Waals surface area contributed by atoms with Gasteiger partial charge >= 0.3 is 5.97 Å². The molecule has 3 unspecified atom stereocenters. The largest absolute Gasteiger partial charge is 0.465 e. The van der Waals surface area contributed by atoms with Crippen LogP contribution >= 0.6 is 0 Å². The molecule has 2 fully saturated rings. The van der Waals surface area contributed by atoms with E-state index in [0.717, 1.165) is 26.1 Å². The molecule has 1 aliphatic heterocycles. The van der Waals surface area contributed by atoms with E-state index in [2.05, 4.69) is 10.2 Å². The number of carbonyl (C=O) groups excluding carboxylic acids is 1. The molecule has 3 atom stereocenters. The minimum absolute atomic E-state index is 0.138. The second-order valence-corrected chi connectivity index (χ2v) is 5.33. The first-order chi connectivity index (χ1) is 9.26. The Kier molecular flexibility index (Phi) is 5.60. The van der Waals surface area contributed by atoms with E-state index in [9.17, 15) is 4.79 Å². The number of rotatable bonds is 6. The van der Waals surface area contributed by atoms with Crippen molar-refractivity contribution in [1.82, 2.24) is 10.2 Å². The molecule has 2 rings (SSSR count). The quantitative estimate of drug-likeness (QED) is 0.723. The van der Waals surface area contributed by atoms with Crippen LogP contribution in [0.4, 0.5) is 0 Å². The summed E-state index contributed by atoms with van der Waals surface area (Å²) in [4.78, 5) is 14.2. The van der Waals surface area contributed by atoms with E-state index in [0.29, 0.717) is 18.8 Å². The highest BCUT2D eigenvalue weighted by atomic mass is 16.5. The van der Waals surface area contributed by atoms with Crippen molar-refractivity contribution in [3.8, 4) is 0 Å². The summed E-state index contributed by atoms with van der Waals surface area (Å²) in [6.45, 7) is 5.04. The van der Waals surface area contributed by atoms with Gasteiger partial charge in [-0.1, -0.05) is 0 Å². The second kappa shape index (κ2) is 7.22. The van der Waals surface area contributed by atoms with Crippen molar-refractivity contribution >= 4 is 5.97 Å². The van der Waals surface area contributed by atoms with Crippen molar-refractivity contribution in [1.29, 1.82) is 0 Å². The topological polar surface area (TPSA) is 50.8 Å². The van der Waals surface area contributed by atoms with Crippen LogP contribution in [0.5, 0.6) is 0 Å². The van der Waals surface area contributed by atoms with Gasteiger partial charge in [0.05, 0.1) is 19.3 Å². The molecule has 0 radical (unpaired) electrons. The molecule has 1 saturated carbocycles. The van der Waals surface area contributed by atoms with Crippen molar-refractivity contribution in [2.24, 2.45) is 0 Å². The van der Waals surface area contributed by atoms with Crippen molar-refractivity contribution in [2.75, 3.05) is 33.4 Å². The number of hydrogen-bond acceptors (Lipinski definition) is 5. The molecule has 0 aromatic heterocycles. The number of esters is 1. The van der Waals surface area contributed by atoms with Gasteiger partial charge in [0.2, 0.25) is 0 Å². The fourth-order valence-corrected chi connectivity index (χ4v) is 3.20. The summed E-state index contributed by atoms with van der Waals surface area (Å²) >= 11 is 0. The SMILES string of the molecule is CCOC(=O)C(CCN1CCOC2CCCC21)NC. The van der Waals surface area contributed by atoms with Crippen molar-refractivity contribution < 1.29 is 14.3 Å². The number of likely N-dealkylation sites (N-methyl/N-ethyl adjacent to an activating group) is 1. The molecule has 19 heavy (non-hydrogen) atoms. The molecule has 0 aromatic rings. The maximum atomic E-state index is 11.7. The molecule has 2 aliphatic rings. The smallest absolute Gasteiger partial charge is 0.323 e. The van der Waals surface area contributed by atoms with Crippen LogP contribution in [-0.2, 0) is 14.3 Å². The van der Waals surface area contributed by atoms with Crippen LogP contribution in [0.15, 0.2) is 0 Å². The molecule has 0 bridgehead atoms. The van der Waals surface area contributed by atoms with E-state index in [1.54, 1.807) is 0 Å². The average molecular weight is 270 g/mol. The molecule has 1 heterocycles. The zero-order valence-electron chi connectivity index (χ0n) is 12.1. The zero-order valence-corrected chi connectivity index (χ0v) is 12.1. The first-order valence-corrected chi connectivity index (χ1v) is 7.45. The standard InChI is InChI=1S/C14H26N2O3/c1-3-18-14(17)11(15-2)7-8-16-9-10-19-13-6-4-5-12(13)16/h11-13,15H,3-10H2,1-2H3. The predicted molar refractivity (Wildman–Crippen MR) is 73.0 cm³/mol. The average Bonchev–Trinajstić information content (AvgIpc) is 2.88. The summed E-state index contributed by atoms with van der Waals surface area (Å²) in [5, 5.41) is 3.05. The number of ether oxygens (including phenoxy) is 2. The summed E-state index contributed by atoms with van der Waals surface area (Å²) in [5.74, 6) is -0.138. The van der Waals surface area contributed by atoms with Gasteiger partial charge in [0, 0.05) is 19.1 Å². The number of nitrogens with zero attached hydrogens (tertiary/aromatic N) is 1. The highest BCUT2D eigenvalue weighted by Gasteiger charge is 2.36. The number of hydrogen-bond donors (Lipinski definition) is 1. The Bertz CT molecular complexity index is 298. The van der Waals surface area contributed by atoms with Gasteiger partial charge in [0.15, 0.2) is 0 Å². The number of carbonyl (C=O) groups is 1. The maximum absolute atomic E-state index is 11.7. The predicted octanol–water partition coefficient (Wildman–Crippen LogP) is 0.781. The minimum atomic E-state index is -0.192. The fourth-order valence-electron chi connectivity index (χ4n) is 3.20. The first-order valence-electron chi connectivity index (χ1n) is 7.45. The lowest BCUT2D eigenvalue weighted by Gasteiger charge is -2.38. The molecule has 1 N–H and O–H groups in total. The highest BCUT2D eigenvalue weighted by Crippen LogP contribution is 2.29. The lowest BCUT2D eigenvalue weighted by molar-refractivity contribution is -0.146. The molecule has 0 aromatic carbocycles. The van der Waals surface area contributed by atoms with Crippen molar-refractivity contribution in [3.05, 3.63) is 0 Å². The van der Waals surface area contributed by atoms with Crippen LogP contribution in [0.1, 0.15) is 32.6 Å². The van der Waals surface area contributed by atoms with Crippen LogP contribution in [0.25, 0.3) is 0 Å². The van der Waals surface area contributed by atoms with Crippen LogP contribution in [-0.4, -0.2) is 62.4 Å². The Morgan fingerprint density at radius 2 is 2.37 bits per heavy atom. The van der Waals surface area contributed by atoms with E-state index in [1.807, 2.05) is 14.0 Å². The first kappa shape index (κ1) is 14.8. The van der Waals surface area contributed by atoms with Gasteiger partial charge in [-0.05, 0) is 39.7 Å². The number of morpholine rings is 1. The maximum Gasteiger partial charge on any atom is 0.323 e. The Morgan fingerprint density at radius 3 is 3.11 bits per heavy atom. The lowest BCUT2D eigenvalue weighted by atomic mass is 10.1. The fraction of sp³-hybridized carbons (Fsp3) is 0.929. The van der Waals surface area contributed by atoms with Crippen LogP contribution in [0.3, 0.4) is 0 Å². The van der Waals surface area contributed by atoms with Gasteiger partial charge < -0.3 is 14.8 Å². The summed E-state index contributed by atoms with van der Waals surface area (Å²) in [7, 11) is 1.82. The molecule has 5 nitrogen and oxygen atoms in total. The van der Waals surface area contributed by atoms with Crippen LogP contribution < -0.4 is 5.32 Å². The monoisotopic (exact) mass is 270 g/mol. The van der Waals surface area contributed by atoms with E-state index in [4.69, 9.17) is 9.47 Å². The zero-order chi connectivity index (χ0) is 13.7. The number of fused-ring (bicyclic) bond motifs is 1. The van der Waals surface area contributed by atoms with Crippen LogP contribution in [0, 0.1) is 0 Å². The third kappa shape index (κ3) is 3.68. The van der Waals surface area contributed by atoms with Crippen molar-refractivity contribution in [2.45, 2.75) is 50.8 Å². The highest BCUT2D eigenvalue weighted by molar-refractivity contribution is 5.75. The third-order valence-corrected chi connectivity index (χ3v) is 4.22. The normalized spacial score (nSPS) is 28.9. The van der Waals surface area contributed by atoms with Gasteiger partial charge in [0.1, 0.15) is 6.04 Å². The van der Waals surface area contributed by atoms with E-state index < -0.39 is 0 Å². The molecule has 0 spiro atoms. The second-order valence-electron chi connectivity index (χ2n) is 5.33. The summed E-state index contributed by atoms with van der Waals surface area (Å²) in [5.41, 5.74) is 0. The Labute approximate surface area is 115 Å². The lowest BCUT2D eigenvalue weighted by Crippen LogP contribution is -2.50. The third-order valence-electron chi connectivity index (χ3n) is 4.22.